The number of rotatable bonds is 9. The average molecular weight is 426 g/mol. The lowest BCUT2D eigenvalue weighted by Gasteiger charge is -2.08. The molecule has 0 unspecified atom stereocenters. The van der Waals surface area contributed by atoms with Gasteiger partial charge in [-0.25, -0.2) is 0 Å². The Morgan fingerprint density at radius 1 is 1.14 bits per heavy atom. The van der Waals surface area contributed by atoms with Crippen LogP contribution in [0.4, 0.5) is 5.13 Å². The Labute approximate surface area is 179 Å². The smallest absolute Gasteiger partial charge is 0.264 e. The number of amides is 1. The lowest BCUT2D eigenvalue weighted by molar-refractivity contribution is -0.118. The standard InChI is InChI=1S/C22H23N3O2S2/c1-16(2)18-10-12-19(13-11-18)27-15-20(26)23-21-24-25-22(29-21)28-14-6-9-17-7-4-3-5-8-17/h3-13,16H,14-15H2,1-2H3,(H,23,24,26)/b9-6+. The normalized spacial score (nSPS) is 11.1. The number of nitrogens with one attached hydrogen (secondary N) is 1. The van der Waals surface area contributed by atoms with Crippen molar-refractivity contribution in [3.63, 3.8) is 0 Å². The monoisotopic (exact) mass is 425 g/mol. The average Bonchev–Trinajstić information content (AvgIpc) is 3.18. The number of nitrogens with zero attached hydrogens (tertiary/aromatic N) is 2. The highest BCUT2D eigenvalue weighted by Crippen LogP contribution is 2.25. The minimum Gasteiger partial charge on any atom is -0.484 e. The number of hydrogen-bond acceptors (Lipinski definition) is 6. The van der Waals surface area contributed by atoms with Gasteiger partial charge in [-0.05, 0) is 29.2 Å². The van der Waals surface area contributed by atoms with Gasteiger partial charge in [-0.2, -0.15) is 0 Å². The predicted molar refractivity (Wildman–Crippen MR) is 121 cm³/mol. The van der Waals surface area contributed by atoms with Gasteiger partial charge in [0.15, 0.2) is 10.9 Å². The molecule has 1 aromatic heterocycles. The van der Waals surface area contributed by atoms with Crippen LogP contribution in [0, 0.1) is 0 Å². The van der Waals surface area contributed by atoms with Crippen LogP contribution in [0.5, 0.6) is 5.75 Å². The fraction of sp³-hybridized carbons (Fsp3) is 0.227. The number of carbonyl (C=O) groups excluding carboxylic acids is 1. The number of thioether (sulfide) groups is 1. The molecule has 1 amide bonds. The third-order valence-corrected chi connectivity index (χ3v) is 5.91. The van der Waals surface area contributed by atoms with E-state index < -0.39 is 0 Å². The van der Waals surface area contributed by atoms with E-state index in [-0.39, 0.29) is 12.5 Å². The molecule has 3 aromatic rings. The van der Waals surface area contributed by atoms with Crippen LogP contribution in [0.2, 0.25) is 0 Å². The second-order valence-corrected chi connectivity index (χ2v) is 8.80. The fourth-order valence-electron chi connectivity index (χ4n) is 2.44. The van der Waals surface area contributed by atoms with E-state index in [2.05, 4.69) is 53.6 Å². The van der Waals surface area contributed by atoms with Gasteiger partial charge < -0.3 is 4.74 Å². The molecule has 150 valence electrons. The molecule has 0 bridgehead atoms. The van der Waals surface area contributed by atoms with Crippen molar-refractivity contribution < 1.29 is 9.53 Å². The molecule has 1 heterocycles. The summed E-state index contributed by atoms with van der Waals surface area (Å²) in [5.41, 5.74) is 2.40. The molecule has 29 heavy (non-hydrogen) atoms. The van der Waals surface area contributed by atoms with Gasteiger partial charge in [0.2, 0.25) is 5.13 Å². The molecular formula is C22H23N3O2S2. The summed E-state index contributed by atoms with van der Waals surface area (Å²) < 4.78 is 6.34. The number of aromatic nitrogens is 2. The first kappa shape index (κ1) is 21.1. The summed E-state index contributed by atoms with van der Waals surface area (Å²) in [6, 6.07) is 17.9. The lowest BCUT2D eigenvalue weighted by atomic mass is 10.0. The molecule has 0 radical (unpaired) electrons. The molecule has 0 spiro atoms. The zero-order chi connectivity index (χ0) is 20.5. The molecule has 1 N–H and O–H groups in total. The molecule has 5 nitrogen and oxygen atoms in total. The zero-order valence-electron chi connectivity index (χ0n) is 16.4. The van der Waals surface area contributed by atoms with Crippen LogP contribution in [0.15, 0.2) is 65.0 Å². The molecule has 2 aromatic carbocycles. The van der Waals surface area contributed by atoms with Crippen molar-refractivity contribution in [1.29, 1.82) is 0 Å². The maximum Gasteiger partial charge on any atom is 0.264 e. The molecule has 7 heteroatoms. The minimum atomic E-state index is -0.255. The Hall–Kier alpha value is -2.64. The molecule has 0 aliphatic rings. The maximum atomic E-state index is 12.1. The van der Waals surface area contributed by atoms with Crippen molar-refractivity contribution in [1.82, 2.24) is 10.2 Å². The van der Waals surface area contributed by atoms with Gasteiger partial charge in [0.05, 0.1) is 0 Å². The summed E-state index contributed by atoms with van der Waals surface area (Å²) in [4.78, 5) is 12.1. The molecular weight excluding hydrogens is 402 g/mol. The highest BCUT2D eigenvalue weighted by Gasteiger charge is 2.09. The van der Waals surface area contributed by atoms with Crippen LogP contribution < -0.4 is 10.1 Å². The Balaban J connectivity index is 1.41. The largest absolute Gasteiger partial charge is 0.484 e. The second kappa shape index (κ2) is 10.8. The van der Waals surface area contributed by atoms with Crippen molar-refractivity contribution in [3.05, 3.63) is 71.8 Å². The Morgan fingerprint density at radius 3 is 2.62 bits per heavy atom. The molecule has 0 aliphatic heterocycles. The second-order valence-electron chi connectivity index (χ2n) is 6.56. The van der Waals surface area contributed by atoms with Gasteiger partial charge in [-0.3, -0.25) is 10.1 Å². The van der Waals surface area contributed by atoms with Gasteiger partial charge in [0.25, 0.3) is 5.91 Å². The van der Waals surface area contributed by atoms with Crippen molar-refractivity contribution >= 4 is 40.2 Å². The Bertz CT molecular complexity index is 938. The maximum absolute atomic E-state index is 12.1. The van der Waals surface area contributed by atoms with E-state index in [1.165, 1.54) is 16.9 Å². The minimum absolute atomic E-state index is 0.0666. The predicted octanol–water partition coefficient (Wildman–Crippen LogP) is 5.48. The van der Waals surface area contributed by atoms with E-state index in [4.69, 9.17) is 4.74 Å². The van der Waals surface area contributed by atoms with E-state index >= 15 is 0 Å². The number of hydrogen-bond donors (Lipinski definition) is 1. The summed E-state index contributed by atoms with van der Waals surface area (Å²) in [5, 5.41) is 11.3. The van der Waals surface area contributed by atoms with Crippen molar-refractivity contribution in [3.8, 4) is 5.75 Å². The van der Waals surface area contributed by atoms with Gasteiger partial charge in [-0.15, -0.1) is 10.2 Å². The fourth-order valence-corrected chi connectivity index (χ4v) is 4.04. The highest BCUT2D eigenvalue weighted by atomic mass is 32.2. The van der Waals surface area contributed by atoms with Gasteiger partial charge in [0.1, 0.15) is 5.75 Å². The Kier molecular flexibility index (Phi) is 7.84. The third kappa shape index (κ3) is 7.03. The van der Waals surface area contributed by atoms with Crippen molar-refractivity contribution in [2.75, 3.05) is 17.7 Å². The number of carbonyl (C=O) groups is 1. The molecule has 0 atom stereocenters. The lowest BCUT2D eigenvalue weighted by Crippen LogP contribution is -2.20. The van der Waals surface area contributed by atoms with E-state index in [1.807, 2.05) is 42.5 Å². The van der Waals surface area contributed by atoms with Crippen LogP contribution >= 0.6 is 23.1 Å². The molecule has 0 fully saturated rings. The quantitative estimate of drug-likeness (QED) is 0.363. The van der Waals surface area contributed by atoms with E-state index in [0.717, 1.165) is 15.7 Å². The zero-order valence-corrected chi connectivity index (χ0v) is 18.0. The van der Waals surface area contributed by atoms with Gasteiger partial charge >= 0.3 is 0 Å². The topological polar surface area (TPSA) is 64.1 Å². The molecule has 0 aliphatic carbocycles. The Morgan fingerprint density at radius 2 is 1.90 bits per heavy atom. The number of ether oxygens (including phenoxy) is 1. The molecule has 0 saturated heterocycles. The first-order chi connectivity index (χ1) is 14.1. The summed E-state index contributed by atoms with van der Waals surface area (Å²) in [5.74, 6) is 1.66. The SMILES string of the molecule is CC(C)c1ccc(OCC(=O)Nc2nnc(SC/C=C/c3ccccc3)s2)cc1. The number of anilines is 1. The molecule has 0 saturated carbocycles. The summed E-state index contributed by atoms with van der Waals surface area (Å²) in [6.45, 7) is 4.21. The van der Waals surface area contributed by atoms with Crippen molar-refractivity contribution in [2.24, 2.45) is 0 Å². The van der Waals surface area contributed by atoms with Gasteiger partial charge in [0, 0.05) is 5.75 Å². The first-order valence-corrected chi connectivity index (χ1v) is 11.1. The third-order valence-electron chi connectivity index (χ3n) is 3.98. The summed E-state index contributed by atoms with van der Waals surface area (Å²) >= 11 is 2.93. The van der Waals surface area contributed by atoms with Crippen molar-refractivity contribution in [2.45, 2.75) is 24.1 Å². The number of benzene rings is 2. The first-order valence-electron chi connectivity index (χ1n) is 9.30. The van der Waals surface area contributed by atoms with Crippen LogP contribution in [0.3, 0.4) is 0 Å². The van der Waals surface area contributed by atoms with E-state index in [9.17, 15) is 4.79 Å². The van der Waals surface area contributed by atoms with Crippen LogP contribution in [0.25, 0.3) is 6.08 Å². The van der Waals surface area contributed by atoms with Crippen LogP contribution in [-0.2, 0) is 4.79 Å². The van der Waals surface area contributed by atoms with E-state index in [0.29, 0.717) is 16.8 Å². The summed E-state index contributed by atoms with van der Waals surface area (Å²) in [7, 11) is 0. The van der Waals surface area contributed by atoms with Crippen LogP contribution in [-0.4, -0.2) is 28.5 Å². The van der Waals surface area contributed by atoms with Crippen LogP contribution in [0.1, 0.15) is 30.9 Å². The summed E-state index contributed by atoms with van der Waals surface area (Å²) in [6.07, 6.45) is 4.15. The molecule has 3 rings (SSSR count). The highest BCUT2D eigenvalue weighted by molar-refractivity contribution is 8.01. The van der Waals surface area contributed by atoms with Gasteiger partial charge in [-0.1, -0.05) is 91.6 Å². The van der Waals surface area contributed by atoms with E-state index in [1.54, 1.807) is 11.8 Å².